The number of hydrogen-bond donors (Lipinski definition) is 1. The Labute approximate surface area is 181 Å². The van der Waals surface area contributed by atoms with Crippen molar-refractivity contribution in [3.8, 4) is 5.75 Å². The quantitative estimate of drug-likeness (QED) is 0.742. The van der Waals surface area contributed by atoms with Gasteiger partial charge in [-0.05, 0) is 55.7 Å². The molecule has 0 saturated carbocycles. The first-order valence-corrected chi connectivity index (χ1v) is 10.3. The Kier molecular flexibility index (Phi) is 5.75. The largest absolute Gasteiger partial charge is 0.497 e. The number of ether oxygens (including phenoxy) is 2. The van der Waals surface area contributed by atoms with E-state index in [2.05, 4.69) is 4.98 Å². The lowest BCUT2D eigenvalue weighted by molar-refractivity contribution is -0.138. The van der Waals surface area contributed by atoms with Crippen LogP contribution in [0.25, 0.3) is 0 Å². The lowest BCUT2D eigenvalue weighted by atomic mass is 9.75. The van der Waals surface area contributed by atoms with Crippen molar-refractivity contribution in [2.24, 2.45) is 5.73 Å². The van der Waals surface area contributed by atoms with Gasteiger partial charge in [-0.2, -0.15) is 0 Å². The van der Waals surface area contributed by atoms with Crippen molar-refractivity contribution in [1.29, 1.82) is 0 Å². The molecule has 7 nitrogen and oxygen atoms in total. The molecule has 0 radical (unpaired) electrons. The van der Waals surface area contributed by atoms with Crippen LogP contribution in [-0.4, -0.2) is 30.5 Å². The molecule has 0 amide bonds. The molecule has 2 heterocycles. The molecule has 1 atom stereocenters. The van der Waals surface area contributed by atoms with E-state index in [4.69, 9.17) is 15.2 Å². The van der Waals surface area contributed by atoms with Crippen LogP contribution in [0.1, 0.15) is 37.7 Å². The number of allylic oxidation sites excluding steroid dienone is 2. The number of carbonyl (C=O) groups excluding carboxylic acids is 2. The van der Waals surface area contributed by atoms with E-state index in [1.165, 1.54) is 0 Å². The summed E-state index contributed by atoms with van der Waals surface area (Å²) in [5.41, 5.74) is 9.82. The lowest BCUT2D eigenvalue weighted by Gasteiger charge is -2.40. The predicted octanol–water partition coefficient (Wildman–Crippen LogP) is 3.43. The third-order valence-electron chi connectivity index (χ3n) is 5.64. The van der Waals surface area contributed by atoms with E-state index in [0.29, 0.717) is 24.2 Å². The second-order valence-corrected chi connectivity index (χ2v) is 7.41. The van der Waals surface area contributed by atoms with Crippen LogP contribution in [-0.2, 0) is 14.3 Å². The number of pyridine rings is 1. The number of aromatic nitrogens is 1. The standard InChI is InChI=1S/C24H25N3O4/c1-3-31-24(29)22-20(15-6-5-13-26-14-15)21-18(7-4-8-19(21)28)27(23(22)25)16-9-11-17(30-2)12-10-16/h5-6,9-14,20H,3-4,7-8,25H2,1-2H3/t20-/m1/s1. The number of methoxy groups -OCH3 is 1. The van der Waals surface area contributed by atoms with E-state index in [0.717, 1.165) is 23.4 Å². The number of hydrogen-bond acceptors (Lipinski definition) is 7. The summed E-state index contributed by atoms with van der Waals surface area (Å²) in [7, 11) is 1.60. The Balaban J connectivity index is 1.96. The molecule has 2 aromatic rings. The van der Waals surface area contributed by atoms with Gasteiger partial charge in [0.15, 0.2) is 5.78 Å². The third kappa shape index (κ3) is 3.67. The van der Waals surface area contributed by atoms with Crippen LogP contribution in [0.5, 0.6) is 5.75 Å². The van der Waals surface area contributed by atoms with E-state index >= 15 is 0 Å². The molecule has 2 N–H and O–H groups in total. The molecule has 0 bridgehead atoms. The average molecular weight is 419 g/mol. The lowest BCUT2D eigenvalue weighted by Crippen LogP contribution is -2.41. The highest BCUT2D eigenvalue weighted by Gasteiger charge is 2.43. The average Bonchev–Trinajstić information content (AvgIpc) is 2.79. The number of anilines is 1. The Hall–Kier alpha value is -3.61. The number of esters is 1. The molecule has 7 heteroatoms. The highest BCUT2D eigenvalue weighted by atomic mass is 16.5. The van der Waals surface area contributed by atoms with Crippen molar-refractivity contribution in [1.82, 2.24) is 4.98 Å². The molecule has 0 unspecified atom stereocenters. The first-order chi connectivity index (χ1) is 15.1. The van der Waals surface area contributed by atoms with Gasteiger partial charge in [0.25, 0.3) is 0 Å². The Bertz CT molecular complexity index is 1060. The van der Waals surface area contributed by atoms with Gasteiger partial charge in [0.05, 0.1) is 25.2 Å². The number of nitrogens with two attached hydrogens (primary N) is 1. The van der Waals surface area contributed by atoms with Gasteiger partial charge in [-0.3, -0.25) is 14.7 Å². The highest BCUT2D eigenvalue weighted by Crippen LogP contribution is 2.46. The maximum absolute atomic E-state index is 13.2. The number of carbonyl (C=O) groups is 2. The number of benzene rings is 1. The van der Waals surface area contributed by atoms with Gasteiger partial charge < -0.3 is 15.2 Å². The number of nitrogens with zero attached hydrogens (tertiary/aromatic N) is 2. The molecule has 1 aromatic carbocycles. The van der Waals surface area contributed by atoms with E-state index in [1.54, 1.807) is 32.5 Å². The minimum atomic E-state index is -0.606. The molecular formula is C24H25N3O4. The van der Waals surface area contributed by atoms with Crippen molar-refractivity contribution in [3.05, 3.63) is 77.0 Å². The van der Waals surface area contributed by atoms with Gasteiger partial charge in [0, 0.05) is 35.8 Å². The van der Waals surface area contributed by atoms with Gasteiger partial charge in [-0.1, -0.05) is 6.07 Å². The van der Waals surface area contributed by atoms with Crippen molar-refractivity contribution in [2.75, 3.05) is 18.6 Å². The molecule has 1 aromatic heterocycles. The summed E-state index contributed by atoms with van der Waals surface area (Å²) in [4.78, 5) is 32.3. The second kappa shape index (κ2) is 8.63. The van der Waals surface area contributed by atoms with Crippen LogP contribution < -0.4 is 15.4 Å². The molecule has 4 rings (SSSR count). The van der Waals surface area contributed by atoms with Crippen molar-refractivity contribution < 1.29 is 19.1 Å². The number of ketones is 1. The zero-order valence-corrected chi connectivity index (χ0v) is 17.6. The summed E-state index contributed by atoms with van der Waals surface area (Å²) in [6, 6.07) is 11.0. The fourth-order valence-electron chi connectivity index (χ4n) is 4.30. The highest BCUT2D eigenvalue weighted by molar-refractivity contribution is 6.05. The molecule has 0 fully saturated rings. The Morgan fingerprint density at radius 3 is 2.65 bits per heavy atom. The van der Waals surface area contributed by atoms with Crippen molar-refractivity contribution in [3.63, 3.8) is 0 Å². The monoisotopic (exact) mass is 419 g/mol. The van der Waals surface area contributed by atoms with Crippen LogP contribution in [0.15, 0.2) is 71.5 Å². The Morgan fingerprint density at radius 2 is 2.00 bits per heavy atom. The predicted molar refractivity (Wildman–Crippen MR) is 116 cm³/mol. The maximum atomic E-state index is 13.2. The maximum Gasteiger partial charge on any atom is 0.338 e. The second-order valence-electron chi connectivity index (χ2n) is 7.41. The van der Waals surface area contributed by atoms with Crippen LogP contribution >= 0.6 is 0 Å². The van der Waals surface area contributed by atoms with E-state index in [9.17, 15) is 9.59 Å². The van der Waals surface area contributed by atoms with Crippen LogP contribution in [0, 0.1) is 0 Å². The van der Waals surface area contributed by atoms with Gasteiger partial charge >= 0.3 is 5.97 Å². The molecule has 31 heavy (non-hydrogen) atoms. The molecule has 160 valence electrons. The zero-order valence-electron chi connectivity index (χ0n) is 17.6. The smallest absolute Gasteiger partial charge is 0.338 e. The third-order valence-corrected chi connectivity index (χ3v) is 5.64. The summed E-state index contributed by atoms with van der Waals surface area (Å²) in [5.74, 6) is -0.146. The SMILES string of the molecule is CCOC(=O)C1=C(N)N(c2ccc(OC)cc2)C2=C(C(=O)CCC2)[C@H]1c1cccnc1. The normalized spacial score (nSPS) is 18.7. The summed E-state index contributed by atoms with van der Waals surface area (Å²) in [6.07, 6.45) is 5.17. The number of rotatable bonds is 5. The van der Waals surface area contributed by atoms with E-state index in [1.807, 2.05) is 35.2 Å². The van der Waals surface area contributed by atoms with Crippen molar-refractivity contribution in [2.45, 2.75) is 32.1 Å². The molecular weight excluding hydrogens is 394 g/mol. The molecule has 0 spiro atoms. The topological polar surface area (TPSA) is 94.8 Å². The van der Waals surface area contributed by atoms with Gasteiger partial charge in [-0.15, -0.1) is 0 Å². The summed E-state index contributed by atoms with van der Waals surface area (Å²) in [6.45, 7) is 1.95. The summed E-state index contributed by atoms with van der Waals surface area (Å²) >= 11 is 0. The van der Waals surface area contributed by atoms with Crippen LogP contribution in [0.3, 0.4) is 0 Å². The van der Waals surface area contributed by atoms with Gasteiger partial charge in [-0.25, -0.2) is 4.79 Å². The van der Waals surface area contributed by atoms with E-state index < -0.39 is 11.9 Å². The minimum absolute atomic E-state index is 0.0166. The fourth-order valence-corrected chi connectivity index (χ4v) is 4.30. The molecule has 1 aliphatic heterocycles. The van der Waals surface area contributed by atoms with Crippen LogP contribution in [0.4, 0.5) is 5.69 Å². The summed E-state index contributed by atoms with van der Waals surface area (Å²) < 4.78 is 10.6. The molecule has 2 aliphatic rings. The fraction of sp³-hybridized carbons (Fsp3) is 0.292. The zero-order chi connectivity index (χ0) is 22.0. The summed E-state index contributed by atoms with van der Waals surface area (Å²) in [5, 5.41) is 0. The van der Waals surface area contributed by atoms with E-state index in [-0.39, 0.29) is 23.8 Å². The van der Waals surface area contributed by atoms with Crippen molar-refractivity contribution >= 4 is 17.4 Å². The van der Waals surface area contributed by atoms with Gasteiger partial charge in [0.1, 0.15) is 11.6 Å². The minimum Gasteiger partial charge on any atom is -0.497 e. The van der Waals surface area contributed by atoms with Crippen LogP contribution in [0.2, 0.25) is 0 Å². The first kappa shape index (κ1) is 20.7. The van der Waals surface area contributed by atoms with Gasteiger partial charge in [0.2, 0.25) is 0 Å². The number of Topliss-reactive ketones (excluding diaryl/α,β-unsaturated/α-hetero) is 1. The molecule has 1 aliphatic carbocycles. The Morgan fingerprint density at radius 1 is 1.23 bits per heavy atom. The first-order valence-electron chi connectivity index (χ1n) is 10.3. The molecule has 0 saturated heterocycles.